The number of nitrogens with one attached hydrogen (secondary N) is 2. The van der Waals surface area contributed by atoms with Crippen LogP contribution in [-0.2, 0) is 14.9 Å². The molecule has 0 radical (unpaired) electrons. The maximum atomic E-state index is 13.5. The number of rotatable bonds is 5. The van der Waals surface area contributed by atoms with Crippen molar-refractivity contribution < 1.29 is 23.1 Å². The van der Waals surface area contributed by atoms with Crippen LogP contribution in [0.4, 0.5) is 13.6 Å². The van der Waals surface area contributed by atoms with Gasteiger partial charge in [-0.3, -0.25) is 10.1 Å². The molecule has 0 aromatic heterocycles. The van der Waals surface area contributed by atoms with Gasteiger partial charge in [-0.05, 0) is 43.0 Å². The third kappa shape index (κ3) is 3.16. The fraction of sp³-hybridized carbons (Fsp3) is 0.333. The van der Waals surface area contributed by atoms with Crippen LogP contribution in [-0.4, -0.2) is 24.1 Å². The zero-order chi connectivity index (χ0) is 19.9. The molecule has 1 saturated heterocycles. The Morgan fingerprint density at radius 1 is 1.07 bits per heavy atom. The molecule has 2 aromatic carbocycles. The van der Waals surface area contributed by atoms with Gasteiger partial charge in [-0.2, -0.15) is 0 Å². The Labute approximate surface area is 161 Å². The van der Waals surface area contributed by atoms with E-state index in [1.165, 1.54) is 12.1 Å². The van der Waals surface area contributed by atoms with Crippen molar-refractivity contribution in [2.75, 3.05) is 6.61 Å². The van der Waals surface area contributed by atoms with Crippen molar-refractivity contribution in [2.24, 2.45) is 0 Å². The first-order valence-corrected chi connectivity index (χ1v) is 9.09. The van der Waals surface area contributed by atoms with Gasteiger partial charge in [-0.25, -0.2) is 13.6 Å². The van der Waals surface area contributed by atoms with Crippen LogP contribution in [0.1, 0.15) is 37.0 Å². The summed E-state index contributed by atoms with van der Waals surface area (Å²) >= 11 is 0. The van der Waals surface area contributed by atoms with Gasteiger partial charge < -0.3 is 10.1 Å². The molecule has 0 bridgehead atoms. The fourth-order valence-corrected chi connectivity index (χ4v) is 4.25. The molecule has 0 unspecified atom stereocenters. The summed E-state index contributed by atoms with van der Waals surface area (Å²) in [6.07, 6.45) is 0.256. The SMILES string of the molecule is C[C@@H](OC[C@]1(c2ccccc2)C[C@@]2(C1)NC(=O)NC2=O)c1cc(F)cc(F)c1. The number of urea groups is 1. The molecule has 1 atom stereocenters. The van der Waals surface area contributed by atoms with E-state index in [4.69, 9.17) is 4.74 Å². The average molecular weight is 386 g/mol. The number of imide groups is 1. The molecule has 3 amide bonds. The lowest BCUT2D eigenvalue weighted by molar-refractivity contribution is -0.132. The lowest BCUT2D eigenvalue weighted by Gasteiger charge is -2.53. The number of hydrogen-bond acceptors (Lipinski definition) is 3. The lowest BCUT2D eigenvalue weighted by atomic mass is 9.54. The van der Waals surface area contributed by atoms with Crippen molar-refractivity contribution in [3.8, 4) is 0 Å². The summed E-state index contributed by atoms with van der Waals surface area (Å²) in [6.45, 7) is 1.98. The molecule has 1 aliphatic carbocycles. The second kappa shape index (κ2) is 6.67. The first kappa shape index (κ1) is 18.6. The monoisotopic (exact) mass is 386 g/mol. The number of carbonyl (C=O) groups excluding carboxylic acids is 2. The molecule has 1 saturated carbocycles. The predicted molar refractivity (Wildman–Crippen MR) is 97.5 cm³/mol. The van der Waals surface area contributed by atoms with Crippen molar-refractivity contribution in [1.29, 1.82) is 0 Å². The van der Waals surface area contributed by atoms with E-state index in [1.807, 2.05) is 30.3 Å². The largest absolute Gasteiger partial charge is 0.373 e. The first-order valence-electron chi connectivity index (χ1n) is 9.09. The Bertz CT molecular complexity index is 906. The van der Waals surface area contributed by atoms with Crippen molar-refractivity contribution in [1.82, 2.24) is 10.6 Å². The minimum atomic E-state index is -0.926. The van der Waals surface area contributed by atoms with Gasteiger partial charge in [0.2, 0.25) is 0 Å². The first-order chi connectivity index (χ1) is 13.3. The molecule has 2 aliphatic rings. The molecule has 2 aromatic rings. The predicted octanol–water partition coefficient (Wildman–Crippen LogP) is 3.35. The Morgan fingerprint density at radius 2 is 1.71 bits per heavy atom. The van der Waals surface area contributed by atoms with Crippen molar-refractivity contribution >= 4 is 11.9 Å². The van der Waals surface area contributed by atoms with Crippen LogP contribution in [0, 0.1) is 11.6 Å². The number of ether oxygens (including phenoxy) is 1. The van der Waals surface area contributed by atoms with Gasteiger partial charge in [0, 0.05) is 11.5 Å². The van der Waals surface area contributed by atoms with Crippen molar-refractivity contribution in [3.63, 3.8) is 0 Å². The zero-order valence-corrected chi connectivity index (χ0v) is 15.3. The number of benzene rings is 2. The fourth-order valence-electron chi connectivity index (χ4n) is 4.25. The molecule has 1 heterocycles. The zero-order valence-electron chi connectivity index (χ0n) is 15.3. The summed E-state index contributed by atoms with van der Waals surface area (Å²) in [5, 5.41) is 5.01. The third-order valence-electron chi connectivity index (χ3n) is 5.64. The van der Waals surface area contributed by atoms with Crippen LogP contribution in [0.3, 0.4) is 0 Å². The maximum absolute atomic E-state index is 13.5. The van der Waals surface area contributed by atoms with Gasteiger partial charge >= 0.3 is 6.03 Å². The maximum Gasteiger partial charge on any atom is 0.322 e. The van der Waals surface area contributed by atoms with E-state index in [-0.39, 0.29) is 12.5 Å². The molecule has 2 N–H and O–H groups in total. The van der Waals surface area contributed by atoms with Gasteiger partial charge in [0.25, 0.3) is 5.91 Å². The highest BCUT2D eigenvalue weighted by Crippen LogP contribution is 2.52. The molecule has 1 spiro atoms. The summed E-state index contributed by atoms with van der Waals surface area (Å²) < 4.78 is 33.0. The van der Waals surface area contributed by atoms with E-state index in [0.29, 0.717) is 18.4 Å². The summed E-state index contributed by atoms with van der Waals surface area (Å²) in [5.41, 5.74) is -0.00486. The number of halogens is 2. The van der Waals surface area contributed by atoms with Gasteiger partial charge in [-0.15, -0.1) is 0 Å². The van der Waals surface area contributed by atoms with Gasteiger partial charge in [0.1, 0.15) is 17.2 Å². The Balaban J connectivity index is 1.55. The second-order valence-corrected chi connectivity index (χ2v) is 7.65. The highest BCUT2D eigenvalue weighted by atomic mass is 19.1. The van der Waals surface area contributed by atoms with Crippen LogP contribution in [0.25, 0.3) is 0 Å². The highest BCUT2D eigenvalue weighted by Gasteiger charge is 2.63. The number of hydrogen-bond donors (Lipinski definition) is 2. The van der Waals surface area contributed by atoms with Gasteiger partial charge in [0.15, 0.2) is 0 Å². The molecule has 5 nitrogen and oxygen atoms in total. The van der Waals surface area contributed by atoms with Gasteiger partial charge in [0.05, 0.1) is 12.7 Å². The Kier molecular flexibility index (Phi) is 4.42. The van der Waals surface area contributed by atoms with E-state index in [0.717, 1.165) is 11.6 Å². The Morgan fingerprint density at radius 3 is 2.29 bits per heavy atom. The normalized spacial score (nSPS) is 27.2. The molecule has 146 valence electrons. The third-order valence-corrected chi connectivity index (χ3v) is 5.64. The van der Waals surface area contributed by atoms with E-state index < -0.39 is 34.7 Å². The molecular formula is C21H20F2N2O3. The Hall–Kier alpha value is -2.80. The highest BCUT2D eigenvalue weighted by molar-refractivity contribution is 6.08. The molecule has 1 aliphatic heterocycles. The van der Waals surface area contributed by atoms with E-state index in [1.54, 1.807) is 6.92 Å². The molecular weight excluding hydrogens is 366 g/mol. The molecule has 4 rings (SSSR count). The smallest absolute Gasteiger partial charge is 0.322 e. The van der Waals surface area contributed by atoms with Crippen LogP contribution in [0.2, 0.25) is 0 Å². The number of carbonyl (C=O) groups is 2. The van der Waals surface area contributed by atoms with Crippen molar-refractivity contribution in [3.05, 3.63) is 71.3 Å². The summed E-state index contributed by atoms with van der Waals surface area (Å²) in [7, 11) is 0. The van der Waals surface area contributed by atoms with E-state index in [9.17, 15) is 18.4 Å². The van der Waals surface area contributed by atoms with E-state index in [2.05, 4.69) is 10.6 Å². The van der Waals surface area contributed by atoms with Gasteiger partial charge in [-0.1, -0.05) is 30.3 Å². The standard InChI is InChI=1S/C21H20F2N2O3/c1-13(14-7-16(22)9-17(23)8-14)28-12-20(15-5-3-2-4-6-15)10-21(11-20)18(26)24-19(27)25-21/h2-9,13H,10-12H2,1H3,(H2,24,25,26,27)/t13-,20-,21-/m1/s1. The summed E-state index contributed by atoms with van der Waals surface area (Å²) in [5.74, 6) is -1.64. The van der Waals surface area contributed by atoms with Crippen LogP contribution in [0.5, 0.6) is 0 Å². The van der Waals surface area contributed by atoms with Crippen LogP contribution in [0.15, 0.2) is 48.5 Å². The minimum absolute atomic E-state index is 0.251. The topological polar surface area (TPSA) is 67.4 Å². The van der Waals surface area contributed by atoms with Crippen molar-refractivity contribution in [2.45, 2.75) is 36.8 Å². The van der Waals surface area contributed by atoms with Crippen LogP contribution >= 0.6 is 0 Å². The van der Waals surface area contributed by atoms with Crippen LogP contribution < -0.4 is 10.6 Å². The lowest BCUT2D eigenvalue weighted by Crippen LogP contribution is -2.65. The molecule has 28 heavy (non-hydrogen) atoms. The minimum Gasteiger partial charge on any atom is -0.373 e. The quantitative estimate of drug-likeness (QED) is 0.775. The summed E-state index contributed by atoms with van der Waals surface area (Å²) in [6, 6.07) is 12.4. The number of amides is 3. The second-order valence-electron chi connectivity index (χ2n) is 7.65. The molecule has 7 heteroatoms. The molecule has 2 fully saturated rings. The summed E-state index contributed by atoms with van der Waals surface area (Å²) in [4.78, 5) is 23.8. The van der Waals surface area contributed by atoms with E-state index >= 15 is 0 Å². The average Bonchev–Trinajstić information content (AvgIpc) is 2.92.